The smallest absolute Gasteiger partial charge is 0.162 e. The van der Waals surface area contributed by atoms with E-state index in [1.165, 1.54) is 16.7 Å². The number of rotatable bonds is 12. The maximum atomic E-state index is 6.35. The zero-order chi connectivity index (χ0) is 29.3. The number of hydrogen-bond acceptors (Lipinski definition) is 5. The van der Waals surface area contributed by atoms with E-state index in [0.29, 0.717) is 19.8 Å². The monoisotopic (exact) mass is 571 g/mol. The Morgan fingerprint density at radius 2 is 1.09 bits per heavy atom. The van der Waals surface area contributed by atoms with Gasteiger partial charge in [0.15, 0.2) is 23.0 Å². The Kier molecular flexibility index (Phi) is 9.21. The molecular formula is C38H37NO4. The average Bonchev–Trinajstić information content (AvgIpc) is 3.07. The first-order valence-electron chi connectivity index (χ1n) is 14.8. The van der Waals surface area contributed by atoms with Gasteiger partial charge < -0.3 is 24.3 Å². The standard InChI is InChI=1S/C38H37NO4/c1-40-36-23-32-19-20-39-34(33(32)24-38(36)43-27-30-15-9-4-10-16-30)21-31-17-18-35(41-25-28-11-5-2-6-12-28)37(22-31)42-26-29-13-7-3-8-14-29/h2-18,22-24,34,39H,19-21,25-27H2,1H3. The number of hydrogen-bond donors (Lipinski definition) is 1. The highest BCUT2D eigenvalue weighted by Crippen LogP contribution is 2.38. The maximum Gasteiger partial charge on any atom is 0.162 e. The zero-order valence-corrected chi connectivity index (χ0v) is 24.5. The van der Waals surface area contributed by atoms with E-state index in [-0.39, 0.29) is 6.04 Å². The molecule has 1 N–H and O–H groups in total. The molecule has 1 aliphatic rings. The third kappa shape index (κ3) is 7.37. The predicted octanol–water partition coefficient (Wildman–Crippen LogP) is 7.86. The summed E-state index contributed by atoms with van der Waals surface area (Å²) >= 11 is 0. The van der Waals surface area contributed by atoms with Gasteiger partial charge in [-0.2, -0.15) is 0 Å². The van der Waals surface area contributed by atoms with Gasteiger partial charge in [0.25, 0.3) is 0 Å². The molecule has 0 spiro atoms. The summed E-state index contributed by atoms with van der Waals surface area (Å²) in [6, 6.07) is 41.3. The molecule has 0 saturated carbocycles. The molecule has 0 radical (unpaired) electrons. The van der Waals surface area contributed by atoms with E-state index < -0.39 is 0 Å². The highest BCUT2D eigenvalue weighted by atomic mass is 16.5. The first kappa shape index (κ1) is 28.4. The van der Waals surface area contributed by atoms with E-state index in [1.807, 2.05) is 60.7 Å². The lowest BCUT2D eigenvalue weighted by Gasteiger charge is -2.29. The van der Waals surface area contributed by atoms with Crippen LogP contribution in [0.2, 0.25) is 0 Å². The van der Waals surface area contributed by atoms with Crippen molar-refractivity contribution in [3.05, 3.63) is 155 Å². The molecule has 5 aromatic rings. The summed E-state index contributed by atoms with van der Waals surface area (Å²) in [7, 11) is 1.70. The largest absolute Gasteiger partial charge is 0.493 e. The quantitative estimate of drug-likeness (QED) is 0.165. The second-order valence-corrected chi connectivity index (χ2v) is 10.8. The molecule has 0 amide bonds. The summed E-state index contributed by atoms with van der Waals surface area (Å²) < 4.78 is 24.6. The molecule has 1 aliphatic heterocycles. The summed E-state index contributed by atoms with van der Waals surface area (Å²) in [5.41, 5.74) is 7.05. The zero-order valence-electron chi connectivity index (χ0n) is 24.5. The number of nitrogens with one attached hydrogen (secondary N) is 1. The van der Waals surface area contributed by atoms with Crippen molar-refractivity contribution in [2.24, 2.45) is 0 Å². The fourth-order valence-corrected chi connectivity index (χ4v) is 5.46. The fourth-order valence-electron chi connectivity index (χ4n) is 5.46. The van der Waals surface area contributed by atoms with E-state index in [0.717, 1.165) is 59.1 Å². The molecule has 5 aromatic carbocycles. The molecule has 5 nitrogen and oxygen atoms in total. The molecule has 0 aromatic heterocycles. The van der Waals surface area contributed by atoms with Gasteiger partial charge in [-0.05, 0) is 77.0 Å². The molecule has 43 heavy (non-hydrogen) atoms. The molecule has 1 heterocycles. The van der Waals surface area contributed by atoms with Gasteiger partial charge in [0.1, 0.15) is 19.8 Å². The highest BCUT2D eigenvalue weighted by Gasteiger charge is 2.24. The minimum atomic E-state index is 0.131. The Hall–Kier alpha value is -4.74. The van der Waals surface area contributed by atoms with Crippen LogP contribution >= 0.6 is 0 Å². The molecule has 5 heteroatoms. The van der Waals surface area contributed by atoms with E-state index in [1.54, 1.807) is 7.11 Å². The van der Waals surface area contributed by atoms with Gasteiger partial charge in [0, 0.05) is 6.04 Å². The van der Waals surface area contributed by atoms with E-state index in [9.17, 15) is 0 Å². The first-order valence-corrected chi connectivity index (χ1v) is 14.8. The second-order valence-electron chi connectivity index (χ2n) is 10.8. The van der Waals surface area contributed by atoms with Gasteiger partial charge in [-0.3, -0.25) is 0 Å². The van der Waals surface area contributed by atoms with Gasteiger partial charge in [-0.25, -0.2) is 0 Å². The average molecular weight is 572 g/mol. The third-order valence-corrected chi connectivity index (χ3v) is 7.75. The van der Waals surface area contributed by atoms with Crippen molar-refractivity contribution in [3.8, 4) is 23.0 Å². The maximum absolute atomic E-state index is 6.35. The lowest BCUT2D eigenvalue weighted by molar-refractivity contribution is 0.255. The fraction of sp³-hybridized carbons (Fsp3) is 0.211. The van der Waals surface area contributed by atoms with Crippen molar-refractivity contribution in [3.63, 3.8) is 0 Å². The number of benzene rings is 5. The van der Waals surface area contributed by atoms with Crippen molar-refractivity contribution in [2.45, 2.75) is 38.7 Å². The van der Waals surface area contributed by atoms with Crippen LogP contribution in [0.1, 0.15) is 39.4 Å². The van der Waals surface area contributed by atoms with Crippen LogP contribution in [0.25, 0.3) is 0 Å². The van der Waals surface area contributed by atoms with Crippen molar-refractivity contribution in [1.82, 2.24) is 5.32 Å². The first-order chi connectivity index (χ1) is 21.2. The Labute approximate surface area is 254 Å². The molecule has 0 bridgehead atoms. The predicted molar refractivity (Wildman–Crippen MR) is 170 cm³/mol. The molecule has 0 saturated heterocycles. The summed E-state index contributed by atoms with van der Waals surface area (Å²) in [6.07, 6.45) is 1.75. The Morgan fingerprint density at radius 1 is 0.558 bits per heavy atom. The van der Waals surface area contributed by atoms with Crippen LogP contribution in [0.15, 0.2) is 121 Å². The van der Waals surface area contributed by atoms with Crippen LogP contribution in [-0.2, 0) is 32.7 Å². The van der Waals surface area contributed by atoms with E-state index in [2.05, 4.69) is 66.0 Å². The van der Waals surface area contributed by atoms with Gasteiger partial charge in [0.2, 0.25) is 0 Å². The van der Waals surface area contributed by atoms with Crippen LogP contribution in [0, 0.1) is 0 Å². The van der Waals surface area contributed by atoms with E-state index in [4.69, 9.17) is 18.9 Å². The lowest BCUT2D eigenvalue weighted by Crippen LogP contribution is -2.31. The summed E-state index contributed by atoms with van der Waals surface area (Å²) in [5.74, 6) is 3.01. The summed E-state index contributed by atoms with van der Waals surface area (Å²) in [6.45, 7) is 2.34. The minimum Gasteiger partial charge on any atom is -0.493 e. The molecule has 6 rings (SSSR count). The van der Waals surface area contributed by atoms with Gasteiger partial charge >= 0.3 is 0 Å². The Morgan fingerprint density at radius 3 is 1.65 bits per heavy atom. The Bertz CT molecular complexity index is 1610. The normalized spacial score (nSPS) is 14.0. The van der Waals surface area contributed by atoms with Crippen molar-refractivity contribution in [1.29, 1.82) is 0 Å². The molecule has 0 fully saturated rings. The lowest BCUT2D eigenvalue weighted by atomic mass is 9.89. The number of fused-ring (bicyclic) bond motifs is 1. The highest BCUT2D eigenvalue weighted by molar-refractivity contribution is 5.50. The second kappa shape index (κ2) is 14.0. The molecule has 218 valence electrons. The topological polar surface area (TPSA) is 49.0 Å². The van der Waals surface area contributed by atoms with Crippen molar-refractivity contribution < 1.29 is 18.9 Å². The van der Waals surface area contributed by atoms with Crippen LogP contribution in [0.4, 0.5) is 0 Å². The third-order valence-electron chi connectivity index (χ3n) is 7.75. The minimum absolute atomic E-state index is 0.131. The Balaban J connectivity index is 1.23. The molecule has 0 aliphatic carbocycles. The summed E-state index contributed by atoms with van der Waals surface area (Å²) in [4.78, 5) is 0. The molecular weight excluding hydrogens is 534 g/mol. The van der Waals surface area contributed by atoms with Crippen LogP contribution < -0.4 is 24.3 Å². The van der Waals surface area contributed by atoms with E-state index >= 15 is 0 Å². The van der Waals surface area contributed by atoms with Gasteiger partial charge in [-0.1, -0.05) is 97.1 Å². The number of ether oxygens (including phenoxy) is 4. The number of methoxy groups -OCH3 is 1. The SMILES string of the molecule is COc1cc2c(cc1OCc1ccccc1)C(Cc1ccc(OCc3ccccc3)c(OCc3ccccc3)c1)NCC2. The van der Waals surface area contributed by atoms with Gasteiger partial charge in [0.05, 0.1) is 7.11 Å². The van der Waals surface area contributed by atoms with Gasteiger partial charge in [-0.15, -0.1) is 0 Å². The summed E-state index contributed by atoms with van der Waals surface area (Å²) in [5, 5.41) is 3.73. The van der Waals surface area contributed by atoms with Crippen molar-refractivity contribution >= 4 is 0 Å². The van der Waals surface area contributed by atoms with Crippen LogP contribution in [0.5, 0.6) is 23.0 Å². The van der Waals surface area contributed by atoms with Crippen molar-refractivity contribution in [2.75, 3.05) is 13.7 Å². The molecule has 1 unspecified atom stereocenters. The van der Waals surface area contributed by atoms with Crippen LogP contribution in [-0.4, -0.2) is 13.7 Å². The molecule has 1 atom stereocenters. The van der Waals surface area contributed by atoms with Crippen LogP contribution in [0.3, 0.4) is 0 Å².